The number of hydroxylamine groups is 1. The maximum absolute atomic E-state index is 9.48. The van der Waals surface area contributed by atoms with Crippen LogP contribution in [0.3, 0.4) is 0 Å². The smallest absolute Gasteiger partial charge is 0.138 e. The first-order valence-electron chi connectivity index (χ1n) is 3.64. The molecule has 0 aliphatic carbocycles. The lowest BCUT2D eigenvalue weighted by molar-refractivity contribution is 0.160. The molecule has 0 bridgehead atoms. The average molecular weight is 248 g/mol. The molecular formula is C8H10BrNO3. The van der Waals surface area contributed by atoms with E-state index in [9.17, 15) is 10.2 Å². The third kappa shape index (κ3) is 1.93. The number of nitrogens with one attached hydrogen (secondary N) is 1. The molecule has 4 nitrogen and oxygen atoms in total. The number of hydrogen-bond acceptors (Lipinski definition) is 4. The Hall–Kier alpha value is -0.780. The number of hydrogen-bond donors (Lipinski definition) is 4. The molecule has 0 spiro atoms. The van der Waals surface area contributed by atoms with Crippen LogP contribution in [0.1, 0.15) is 11.1 Å². The number of halogens is 1. The van der Waals surface area contributed by atoms with Crippen molar-refractivity contribution in [3.63, 3.8) is 0 Å². The second-order valence-corrected chi connectivity index (χ2v) is 3.49. The van der Waals surface area contributed by atoms with Crippen LogP contribution in [0, 0.1) is 6.92 Å². The molecular weight excluding hydrogens is 238 g/mol. The highest BCUT2D eigenvalue weighted by Gasteiger charge is 2.12. The van der Waals surface area contributed by atoms with E-state index < -0.39 is 0 Å². The lowest BCUT2D eigenvalue weighted by Crippen LogP contribution is -2.06. The van der Waals surface area contributed by atoms with E-state index in [1.165, 1.54) is 0 Å². The van der Waals surface area contributed by atoms with E-state index in [-0.39, 0.29) is 22.5 Å². The summed E-state index contributed by atoms with van der Waals surface area (Å²) in [6.07, 6.45) is 0. The number of rotatable bonds is 2. The maximum Gasteiger partial charge on any atom is 0.138 e. The van der Waals surface area contributed by atoms with Crippen LogP contribution in [0.5, 0.6) is 11.5 Å². The molecule has 1 aromatic rings. The van der Waals surface area contributed by atoms with E-state index in [4.69, 9.17) is 5.21 Å². The van der Waals surface area contributed by atoms with Crippen molar-refractivity contribution in [3.05, 3.63) is 21.7 Å². The van der Waals surface area contributed by atoms with Crippen LogP contribution in [0.2, 0.25) is 0 Å². The highest BCUT2D eigenvalue weighted by atomic mass is 79.9. The predicted molar refractivity (Wildman–Crippen MR) is 50.8 cm³/mol. The normalized spacial score (nSPS) is 10.4. The highest BCUT2D eigenvalue weighted by Crippen LogP contribution is 2.38. The zero-order valence-corrected chi connectivity index (χ0v) is 8.59. The molecule has 0 saturated heterocycles. The largest absolute Gasteiger partial charge is 0.506 e. The van der Waals surface area contributed by atoms with Crippen molar-refractivity contribution >= 4 is 15.9 Å². The Morgan fingerprint density at radius 1 is 1.38 bits per heavy atom. The fourth-order valence-electron chi connectivity index (χ4n) is 1.04. The third-order valence-electron chi connectivity index (χ3n) is 1.75. The van der Waals surface area contributed by atoms with E-state index in [1.54, 1.807) is 13.0 Å². The third-order valence-corrected chi connectivity index (χ3v) is 2.50. The molecule has 0 amide bonds. The van der Waals surface area contributed by atoms with Gasteiger partial charge in [-0.1, -0.05) is 0 Å². The second kappa shape index (κ2) is 3.95. The van der Waals surface area contributed by atoms with E-state index in [2.05, 4.69) is 15.9 Å². The predicted octanol–water partition coefficient (Wildman–Crippen LogP) is 1.65. The van der Waals surface area contributed by atoms with Gasteiger partial charge in [0.2, 0.25) is 0 Å². The number of benzene rings is 1. The van der Waals surface area contributed by atoms with Crippen LogP contribution in [0.25, 0.3) is 0 Å². The standard InChI is InChI=1S/C8H10BrNO3/c1-4-2-5(3-10-13)8(12)6(9)7(4)11/h2,10-13H,3H2,1H3. The van der Waals surface area contributed by atoms with E-state index >= 15 is 0 Å². The summed E-state index contributed by atoms with van der Waals surface area (Å²) in [7, 11) is 0. The molecule has 0 aromatic heterocycles. The molecule has 0 aliphatic rings. The molecule has 5 heteroatoms. The topological polar surface area (TPSA) is 72.7 Å². The van der Waals surface area contributed by atoms with Gasteiger partial charge in [0.05, 0.1) is 0 Å². The molecule has 0 unspecified atom stereocenters. The van der Waals surface area contributed by atoms with Gasteiger partial charge in [-0.25, -0.2) is 5.48 Å². The molecule has 0 atom stereocenters. The molecule has 1 rings (SSSR count). The summed E-state index contributed by atoms with van der Waals surface area (Å²) in [4.78, 5) is 0. The van der Waals surface area contributed by atoms with Gasteiger partial charge in [-0.2, -0.15) is 0 Å². The van der Waals surface area contributed by atoms with Crippen LogP contribution >= 0.6 is 15.9 Å². The molecule has 0 heterocycles. The quantitative estimate of drug-likeness (QED) is 0.600. The van der Waals surface area contributed by atoms with Gasteiger partial charge in [-0.15, -0.1) is 0 Å². The molecule has 0 aliphatic heterocycles. The molecule has 1 aromatic carbocycles. The van der Waals surface area contributed by atoms with Crippen molar-refractivity contribution in [2.75, 3.05) is 0 Å². The molecule has 72 valence electrons. The number of aromatic hydroxyl groups is 2. The zero-order valence-electron chi connectivity index (χ0n) is 7.00. The SMILES string of the molecule is Cc1cc(CNO)c(O)c(Br)c1O. The minimum atomic E-state index is -0.0651. The molecule has 13 heavy (non-hydrogen) atoms. The van der Waals surface area contributed by atoms with Crippen molar-refractivity contribution in [3.8, 4) is 11.5 Å². The Morgan fingerprint density at radius 3 is 2.54 bits per heavy atom. The summed E-state index contributed by atoms with van der Waals surface area (Å²) in [6, 6.07) is 1.60. The first-order chi connectivity index (χ1) is 6.07. The van der Waals surface area contributed by atoms with Gasteiger partial charge in [-0.3, -0.25) is 0 Å². The number of phenols is 2. The summed E-state index contributed by atoms with van der Waals surface area (Å²) in [5, 5.41) is 27.3. The average Bonchev–Trinajstić information content (AvgIpc) is 2.11. The summed E-state index contributed by atoms with van der Waals surface area (Å²) in [6.45, 7) is 1.84. The van der Waals surface area contributed by atoms with Crippen molar-refractivity contribution in [2.24, 2.45) is 0 Å². The number of phenolic OH excluding ortho intramolecular Hbond substituents is 2. The Balaban J connectivity index is 3.24. The van der Waals surface area contributed by atoms with Gasteiger partial charge in [0, 0.05) is 12.1 Å². The van der Waals surface area contributed by atoms with Crippen LogP contribution in [-0.4, -0.2) is 15.4 Å². The van der Waals surface area contributed by atoms with Crippen LogP contribution in [0.4, 0.5) is 0 Å². The summed E-state index contributed by atoms with van der Waals surface area (Å²) >= 11 is 3.04. The van der Waals surface area contributed by atoms with E-state index in [1.807, 2.05) is 5.48 Å². The summed E-state index contributed by atoms with van der Waals surface area (Å²) in [5.74, 6) is -0.0520. The van der Waals surface area contributed by atoms with E-state index in [0.29, 0.717) is 11.1 Å². The minimum absolute atomic E-state index is 0.0131. The Bertz CT molecular complexity index is 328. The second-order valence-electron chi connectivity index (χ2n) is 2.70. The van der Waals surface area contributed by atoms with Crippen molar-refractivity contribution < 1.29 is 15.4 Å². The lowest BCUT2D eigenvalue weighted by Gasteiger charge is -2.09. The number of aryl methyl sites for hydroxylation is 1. The van der Waals surface area contributed by atoms with Crippen molar-refractivity contribution in [1.29, 1.82) is 0 Å². The molecule has 0 radical (unpaired) electrons. The highest BCUT2D eigenvalue weighted by molar-refractivity contribution is 9.10. The van der Waals surface area contributed by atoms with Gasteiger partial charge >= 0.3 is 0 Å². The first-order valence-corrected chi connectivity index (χ1v) is 4.44. The van der Waals surface area contributed by atoms with Crippen molar-refractivity contribution in [2.45, 2.75) is 13.5 Å². The molecule has 4 N–H and O–H groups in total. The zero-order chi connectivity index (χ0) is 10.0. The lowest BCUT2D eigenvalue weighted by atomic mass is 10.1. The minimum Gasteiger partial charge on any atom is -0.506 e. The van der Waals surface area contributed by atoms with Gasteiger partial charge in [0.25, 0.3) is 0 Å². The fourth-order valence-corrected chi connectivity index (χ4v) is 1.61. The molecule has 0 saturated carbocycles. The van der Waals surface area contributed by atoms with E-state index in [0.717, 1.165) is 0 Å². The summed E-state index contributed by atoms with van der Waals surface area (Å²) < 4.78 is 0.248. The van der Waals surface area contributed by atoms with Gasteiger partial charge in [0.15, 0.2) is 0 Å². The monoisotopic (exact) mass is 247 g/mol. The first kappa shape index (κ1) is 10.3. The fraction of sp³-hybridized carbons (Fsp3) is 0.250. The van der Waals surface area contributed by atoms with Gasteiger partial charge in [-0.05, 0) is 34.5 Å². The van der Waals surface area contributed by atoms with Gasteiger partial charge in [0.1, 0.15) is 16.0 Å². The molecule has 0 fully saturated rings. The Labute approximate surface area is 83.9 Å². The maximum atomic E-state index is 9.48. The Morgan fingerprint density at radius 2 is 2.00 bits per heavy atom. The summed E-state index contributed by atoms with van der Waals surface area (Å²) in [5.41, 5.74) is 3.09. The Kier molecular flexibility index (Phi) is 3.13. The van der Waals surface area contributed by atoms with Crippen LogP contribution in [-0.2, 0) is 6.54 Å². The van der Waals surface area contributed by atoms with Crippen LogP contribution in [0.15, 0.2) is 10.5 Å². The van der Waals surface area contributed by atoms with Gasteiger partial charge < -0.3 is 15.4 Å². The van der Waals surface area contributed by atoms with Crippen molar-refractivity contribution in [1.82, 2.24) is 5.48 Å². The van der Waals surface area contributed by atoms with Crippen LogP contribution < -0.4 is 5.48 Å².